The molecule has 0 amide bonds. The van der Waals surface area contributed by atoms with Gasteiger partial charge in [0.15, 0.2) is 5.12 Å². The minimum Gasteiger partial charge on any atom is -0.466 e. The molecular weight excluding hydrogens is 244 g/mol. The molecule has 0 saturated carbocycles. The molecule has 0 saturated heterocycles. The van der Waals surface area contributed by atoms with E-state index in [1.54, 1.807) is 6.92 Å². The van der Waals surface area contributed by atoms with E-state index in [0.717, 1.165) is 30.1 Å². The van der Waals surface area contributed by atoms with Gasteiger partial charge in [0.1, 0.15) is 11.5 Å². The molecule has 2 nitrogen and oxygen atoms in total. The highest BCUT2D eigenvalue weighted by Crippen LogP contribution is 2.42. The number of fused-ring (bicyclic) bond motifs is 1. The van der Waals surface area contributed by atoms with Crippen LogP contribution in [-0.2, 0) is 9.53 Å². The Hall–Kier alpha value is -0.960. The van der Waals surface area contributed by atoms with Crippen LogP contribution in [0, 0.1) is 12.0 Å². The van der Waals surface area contributed by atoms with Crippen LogP contribution < -0.4 is 0 Å². The predicted octanol–water partition coefficient (Wildman–Crippen LogP) is 4.00. The fourth-order valence-electron chi connectivity index (χ4n) is 2.41. The van der Waals surface area contributed by atoms with Crippen molar-refractivity contribution in [3.8, 4) is 0 Å². The second kappa shape index (κ2) is 5.35. The Balaban J connectivity index is 2.06. The normalized spacial score (nSPS) is 22.9. The fraction of sp³-hybridized carbons (Fsp3) is 0.533. The molecule has 0 spiro atoms. The molecule has 0 aromatic rings. The van der Waals surface area contributed by atoms with E-state index in [2.05, 4.69) is 13.0 Å². The maximum Gasteiger partial charge on any atom is 0.185 e. The van der Waals surface area contributed by atoms with Crippen molar-refractivity contribution in [2.24, 2.45) is 5.92 Å². The molecule has 1 aliphatic heterocycles. The zero-order valence-corrected chi connectivity index (χ0v) is 12.2. The van der Waals surface area contributed by atoms with E-state index in [4.69, 9.17) is 4.74 Å². The summed E-state index contributed by atoms with van der Waals surface area (Å²) in [6.45, 7) is 7.75. The Bertz CT molecular complexity index is 469. The Kier molecular flexibility index (Phi) is 4.00. The van der Waals surface area contributed by atoms with Crippen LogP contribution in [0.1, 0.15) is 40.5 Å². The number of carbonyl (C=O) groups is 1. The molecule has 2 rings (SSSR count). The lowest BCUT2D eigenvalue weighted by Gasteiger charge is -2.20. The Morgan fingerprint density at radius 3 is 2.78 bits per heavy atom. The SMILES string of the molecule is CC(=O)SCC[C@H]1[C]=C2C(C)=C(C)OC(C)=C2C1. The third kappa shape index (κ3) is 2.72. The third-order valence-corrected chi connectivity index (χ3v) is 4.35. The van der Waals surface area contributed by atoms with Gasteiger partial charge >= 0.3 is 0 Å². The lowest BCUT2D eigenvalue weighted by molar-refractivity contribution is -0.109. The zero-order chi connectivity index (χ0) is 13.3. The maximum absolute atomic E-state index is 10.9. The molecule has 18 heavy (non-hydrogen) atoms. The van der Waals surface area contributed by atoms with E-state index in [-0.39, 0.29) is 5.12 Å². The van der Waals surface area contributed by atoms with Crippen LogP contribution in [0.15, 0.2) is 28.2 Å². The van der Waals surface area contributed by atoms with Gasteiger partial charge in [-0.05, 0) is 62.3 Å². The molecule has 0 N–H and O–H groups in total. The first-order valence-electron chi connectivity index (χ1n) is 6.31. The molecule has 97 valence electrons. The lowest BCUT2D eigenvalue weighted by Crippen LogP contribution is -2.04. The summed E-state index contributed by atoms with van der Waals surface area (Å²) >= 11 is 1.41. The van der Waals surface area contributed by atoms with E-state index in [1.807, 2.05) is 13.8 Å². The fourth-order valence-corrected chi connectivity index (χ4v) is 3.10. The lowest BCUT2D eigenvalue weighted by atomic mass is 9.97. The van der Waals surface area contributed by atoms with Gasteiger partial charge in [-0.25, -0.2) is 0 Å². The first-order chi connectivity index (χ1) is 8.49. The molecule has 1 aliphatic carbocycles. The number of rotatable bonds is 3. The van der Waals surface area contributed by atoms with Gasteiger partial charge in [-0.15, -0.1) is 0 Å². The van der Waals surface area contributed by atoms with E-state index in [1.165, 1.54) is 28.5 Å². The number of hydrogen-bond acceptors (Lipinski definition) is 3. The number of ether oxygens (including phenoxy) is 1. The Labute approximate surface area is 113 Å². The molecule has 3 heteroatoms. The highest BCUT2D eigenvalue weighted by molar-refractivity contribution is 8.13. The molecule has 0 aromatic carbocycles. The van der Waals surface area contributed by atoms with Gasteiger partial charge in [0.05, 0.1) is 0 Å². The smallest absolute Gasteiger partial charge is 0.185 e. The van der Waals surface area contributed by atoms with Crippen molar-refractivity contribution in [2.75, 3.05) is 5.75 Å². The summed E-state index contributed by atoms with van der Waals surface area (Å²) in [5.41, 5.74) is 3.75. The third-order valence-electron chi connectivity index (χ3n) is 3.51. The van der Waals surface area contributed by atoms with Gasteiger partial charge in [-0.3, -0.25) is 4.79 Å². The summed E-state index contributed by atoms with van der Waals surface area (Å²) < 4.78 is 5.74. The second-order valence-electron chi connectivity index (χ2n) is 4.87. The van der Waals surface area contributed by atoms with Crippen LogP contribution in [-0.4, -0.2) is 10.9 Å². The first-order valence-corrected chi connectivity index (χ1v) is 7.30. The van der Waals surface area contributed by atoms with Crippen molar-refractivity contribution in [2.45, 2.75) is 40.5 Å². The summed E-state index contributed by atoms with van der Waals surface area (Å²) in [6.07, 6.45) is 5.59. The van der Waals surface area contributed by atoms with Crippen LogP contribution in [0.4, 0.5) is 0 Å². The molecule has 2 aliphatic rings. The first kappa shape index (κ1) is 13.5. The standard InChI is InChI=1S/C15H19O2S/c1-9-10(2)17-11(3)15-8-13(7-14(9)15)5-6-18-12(4)16/h13H,5-6,8H2,1-4H3/t13-/m0/s1. The summed E-state index contributed by atoms with van der Waals surface area (Å²) in [5, 5.41) is 0.198. The number of allylic oxidation sites excluding steroid dienone is 6. The van der Waals surface area contributed by atoms with Crippen LogP contribution in [0.2, 0.25) is 0 Å². The average Bonchev–Trinajstić information content (AvgIpc) is 2.70. The van der Waals surface area contributed by atoms with Crippen molar-refractivity contribution in [3.63, 3.8) is 0 Å². The second-order valence-corrected chi connectivity index (χ2v) is 6.14. The summed E-state index contributed by atoms with van der Waals surface area (Å²) in [4.78, 5) is 10.9. The van der Waals surface area contributed by atoms with E-state index in [9.17, 15) is 4.79 Å². The summed E-state index contributed by atoms with van der Waals surface area (Å²) in [6, 6.07) is 0. The molecular formula is C15H19O2S. The van der Waals surface area contributed by atoms with Crippen molar-refractivity contribution in [3.05, 3.63) is 34.3 Å². The maximum atomic E-state index is 10.9. The Morgan fingerprint density at radius 2 is 2.11 bits per heavy atom. The number of hydrogen-bond donors (Lipinski definition) is 0. The van der Waals surface area contributed by atoms with Crippen LogP contribution in [0.25, 0.3) is 0 Å². The highest BCUT2D eigenvalue weighted by atomic mass is 32.2. The summed E-state index contributed by atoms with van der Waals surface area (Å²) in [5.74, 6) is 3.32. The minimum atomic E-state index is 0.198. The zero-order valence-electron chi connectivity index (χ0n) is 11.4. The van der Waals surface area contributed by atoms with Gasteiger partial charge < -0.3 is 4.74 Å². The van der Waals surface area contributed by atoms with Gasteiger partial charge in [-0.1, -0.05) is 11.8 Å². The van der Waals surface area contributed by atoms with Crippen molar-refractivity contribution in [1.82, 2.24) is 0 Å². The number of carbonyl (C=O) groups excluding carboxylic acids is 1. The average molecular weight is 263 g/mol. The Morgan fingerprint density at radius 1 is 1.39 bits per heavy atom. The van der Waals surface area contributed by atoms with Crippen molar-refractivity contribution >= 4 is 16.9 Å². The van der Waals surface area contributed by atoms with Crippen molar-refractivity contribution < 1.29 is 9.53 Å². The molecule has 1 radical (unpaired) electrons. The summed E-state index contributed by atoms with van der Waals surface area (Å²) in [7, 11) is 0. The van der Waals surface area contributed by atoms with E-state index >= 15 is 0 Å². The predicted molar refractivity (Wildman–Crippen MR) is 74.8 cm³/mol. The molecule has 0 aromatic heterocycles. The topological polar surface area (TPSA) is 26.3 Å². The highest BCUT2D eigenvalue weighted by Gasteiger charge is 2.28. The quantitative estimate of drug-likeness (QED) is 0.769. The molecule has 1 atom stereocenters. The van der Waals surface area contributed by atoms with E-state index in [0.29, 0.717) is 5.92 Å². The molecule has 0 fully saturated rings. The molecule has 0 unspecified atom stereocenters. The van der Waals surface area contributed by atoms with Gasteiger partial charge in [0.2, 0.25) is 0 Å². The monoisotopic (exact) mass is 263 g/mol. The van der Waals surface area contributed by atoms with E-state index < -0.39 is 0 Å². The van der Waals surface area contributed by atoms with Crippen LogP contribution in [0.5, 0.6) is 0 Å². The number of thioether (sulfide) groups is 1. The van der Waals surface area contributed by atoms with Gasteiger partial charge in [0.25, 0.3) is 0 Å². The van der Waals surface area contributed by atoms with Gasteiger partial charge in [-0.2, -0.15) is 0 Å². The minimum absolute atomic E-state index is 0.198. The van der Waals surface area contributed by atoms with Crippen LogP contribution in [0.3, 0.4) is 0 Å². The van der Waals surface area contributed by atoms with Crippen LogP contribution >= 0.6 is 11.8 Å². The molecule has 1 heterocycles. The largest absolute Gasteiger partial charge is 0.466 e. The van der Waals surface area contributed by atoms with Crippen molar-refractivity contribution in [1.29, 1.82) is 0 Å². The molecule has 0 bridgehead atoms. The van der Waals surface area contributed by atoms with Gasteiger partial charge in [0, 0.05) is 12.7 Å².